The lowest BCUT2D eigenvalue weighted by molar-refractivity contribution is -0.125. The van der Waals surface area contributed by atoms with Crippen molar-refractivity contribution >= 4 is 6.03 Å². The minimum atomic E-state index is -0.0239. The van der Waals surface area contributed by atoms with Crippen molar-refractivity contribution in [3.05, 3.63) is 35.9 Å². The van der Waals surface area contributed by atoms with Crippen LogP contribution in [0.25, 0.3) is 0 Å². The number of rotatable bonds is 7. The van der Waals surface area contributed by atoms with E-state index in [1.165, 1.54) is 5.56 Å². The zero-order chi connectivity index (χ0) is 19.0. The summed E-state index contributed by atoms with van der Waals surface area (Å²) >= 11 is 0. The lowest BCUT2D eigenvalue weighted by Crippen LogP contribution is -2.53. The lowest BCUT2D eigenvalue weighted by atomic mass is 9.78. The highest BCUT2D eigenvalue weighted by Gasteiger charge is 2.40. The third kappa shape index (κ3) is 5.94. The Morgan fingerprint density at radius 3 is 2.81 bits per heavy atom. The fourth-order valence-electron chi connectivity index (χ4n) is 4.20. The molecule has 5 heteroatoms. The fraction of sp³-hybridized carbons (Fsp3) is 0.682. The van der Waals surface area contributed by atoms with E-state index in [9.17, 15) is 4.79 Å². The number of urea groups is 1. The summed E-state index contributed by atoms with van der Waals surface area (Å²) in [5.74, 6) is 0.662. The molecule has 1 spiro atoms. The van der Waals surface area contributed by atoms with Crippen molar-refractivity contribution in [2.45, 2.75) is 57.7 Å². The van der Waals surface area contributed by atoms with Gasteiger partial charge in [0.05, 0.1) is 12.2 Å². The van der Waals surface area contributed by atoms with Gasteiger partial charge in [0, 0.05) is 32.8 Å². The van der Waals surface area contributed by atoms with Crippen LogP contribution in [0.4, 0.5) is 4.79 Å². The molecule has 2 fully saturated rings. The van der Waals surface area contributed by atoms with E-state index in [1.54, 1.807) is 0 Å². The van der Waals surface area contributed by atoms with Gasteiger partial charge < -0.3 is 19.7 Å². The second-order valence-corrected chi connectivity index (χ2v) is 7.94. The molecule has 1 aromatic carbocycles. The van der Waals surface area contributed by atoms with E-state index in [0.717, 1.165) is 71.4 Å². The van der Waals surface area contributed by atoms with Gasteiger partial charge in [-0.1, -0.05) is 37.3 Å². The summed E-state index contributed by atoms with van der Waals surface area (Å²) < 4.78 is 12.1. The smallest absolute Gasteiger partial charge is 0.317 e. The molecule has 0 radical (unpaired) electrons. The molecule has 1 N–H and O–H groups in total. The van der Waals surface area contributed by atoms with Crippen LogP contribution in [0, 0.1) is 5.92 Å². The van der Waals surface area contributed by atoms with E-state index in [4.69, 9.17) is 9.47 Å². The van der Waals surface area contributed by atoms with Gasteiger partial charge in [-0.15, -0.1) is 0 Å². The highest BCUT2D eigenvalue weighted by molar-refractivity contribution is 5.74. The monoisotopic (exact) mass is 374 g/mol. The average molecular weight is 375 g/mol. The van der Waals surface area contributed by atoms with Gasteiger partial charge in [0.1, 0.15) is 0 Å². The minimum absolute atomic E-state index is 0.0239. The number of carbonyl (C=O) groups excluding carboxylic acids is 1. The zero-order valence-corrected chi connectivity index (χ0v) is 16.6. The molecule has 27 heavy (non-hydrogen) atoms. The van der Waals surface area contributed by atoms with Crippen molar-refractivity contribution < 1.29 is 14.3 Å². The Labute approximate surface area is 163 Å². The van der Waals surface area contributed by atoms with Crippen LogP contribution in [-0.4, -0.2) is 49.4 Å². The second-order valence-electron chi connectivity index (χ2n) is 7.94. The van der Waals surface area contributed by atoms with Crippen molar-refractivity contribution in [2.24, 2.45) is 5.92 Å². The van der Waals surface area contributed by atoms with E-state index in [1.807, 2.05) is 11.0 Å². The predicted molar refractivity (Wildman–Crippen MR) is 107 cm³/mol. The Bertz CT molecular complexity index is 570. The van der Waals surface area contributed by atoms with Crippen molar-refractivity contribution in [3.63, 3.8) is 0 Å². The number of hydrogen-bond acceptors (Lipinski definition) is 3. The van der Waals surface area contributed by atoms with Crippen molar-refractivity contribution in [1.82, 2.24) is 10.2 Å². The summed E-state index contributed by atoms with van der Waals surface area (Å²) in [5, 5.41) is 2.98. The molecule has 2 aliphatic rings. The maximum absolute atomic E-state index is 12.1. The van der Waals surface area contributed by atoms with E-state index in [-0.39, 0.29) is 11.6 Å². The van der Waals surface area contributed by atoms with Gasteiger partial charge in [0.2, 0.25) is 0 Å². The van der Waals surface area contributed by atoms with Crippen LogP contribution in [0.3, 0.4) is 0 Å². The minimum Gasteiger partial charge on any atom is -0.377 e. The summed E-state index contributed by atoms with van der Waals surface area (Å²) in [7, 11) is 0. The number of benzene rings is 1. The van der Waals surface area contributed by atoms with Gasteiger partial charge in [-0.05, 0) is 50.0 Å². The molecule has 0 bridgehead atoms. The number of amides is 2. The van der Waals surface area contributed by atoms with Gasteiger partial charge in [-0.2, -0.15) is 0 Å². The van der Waals surface area contributed by atoms with Gasteiger partial charge >= 0.3 is 6.03 Å². The largest absolute Gasteiger partial charge is 0.377 e. The van der Waals surface area contributed by atoms with Gasteiger partial charge in [-0.3, -0.25) is 0 Å². The normalized spacial score (nSPS) is 22.0. The lowest BCUT2D eigenvalue weighted by Gasteiger charge is -2.46. The van der Waals surface area contributed by atoms with Gasteiger partial charge in [0.25, 0.3) is 0 Å². The fourth-order valence-corrected chi connectivity index (χ4v) is 4.20. The Morgan fingerprint density at radius 1 is 1.30 bits per heavy atom. The van der Waals surface area contributed by atoms with Crippen LogP contribution in [-0.2, 0) is 16.1 Å². The molecule has 0 saturated carbocycles. The zero-order valence-electron chi connectivity index (χ0n) is 16.6. The number of nitrogens with zero attached hydrogens (tertiary/aromatic N) is 1. The number of piperidine rings is 1. The standard InChI is InChI=1S/C22H34N2O3/c1-2-12-23-21(25)24-13-10-22(11-14-24)17-19(9-16-27-22)8-15-26-18-20-6-4-3-5-7-20/h3-7,19H,2,8-18H2,1H3,(H,23,25). The van der Waals surface area contributed by atoms with E-state index < -0.39 is 0 Å². The molecule has 0 aromatic heterocycles. The molecule has 3 rings (SSSR count). The van der Waals surface area contributed by atoms with E-state index in [0.29, 0.717) is 12.5 Å². The SMILES string of the molecule is CCCNC(=O)N1CCC2(CC1)CC(CCOCc1ccccc1)CCO2. The Balaban J connectivity index is 1.38. The topological polar surface area (TPSA) is 50.8 Å². The number of likely N-dealkylation sites (tertiary alicyclic amines) is 1. The summed E-state index contributed by atoms with van der Waals surface area (Å²) in [6.07, 6.45) is 6.20. The number of carbonyl (C=O) groups is 1. The highest BCUT2D eigenvalue weighted by Crippen LogP contribution is 2.38. The van der Waals surface area contributed by atoms with Gasteiger partial charge in [0.15, 0.2) is 0 Å². The van der Waals surface area contributed by atoms with Gasteiger partial charge in [-0.25, -0.2) is 4.79 Å². The molecule has 2 aliphatic heterocycles. The molecular formula is C22H34N2O3. The molecule has 0 aliphatic carbocycles. The molecule has 150 valence electrons. The maximum Gasteiger partial charge on any atom is 0.317 e. The van der Waals surface area contributed by atoms with Crippen LogP contribution in [0.5, 0.6) is 0 Å². The third-order valence-electron chi connectivity index (χ3n) is 5.87. The first-order valence-electron chi connectivity index (χ1n) is 10.5. The second kappa shape index (κ2) is 10.1. The highest BCUT2D eigenvalue weighted by atomic mass is 16.5. The Morgan fingerprint density at radius 2 is 2.07 bits per heavy atom. The molecule has 5 nitrogen and oxygen atoms in total. The third-order valence-corrected chi connectivity index (χ3v) is 5.87. The van der Waals surface area contributed by atoms with Crippen LogP contribution in [0.15, 0.2) is 30.3 Å². The summed E-state index contributed by atoms with van der Waals surface area (Å²) in [6, 6.07) is 10.4. The summed E-state index contributed by atoms with van der Waals surface area (Å²) in [5.41, 5.74) is 1.21. The molecule has 2 amide bonds. The summed E-state index contributed by atoms with van der Waals surface area (Å²) in [6.45, 7) is 6.76. The van der Waals surface area contributed by atoms with Crippen molar-refractivity contribution in [3.8, 4) is 0 Å². The Kier molecular flexibility index (Phi) is 7.53. The van der Waals surface area contributed by atoms with Crippen LogP contribution >= 0.6 is 0 Å². The number of ether oxygens (including phenoxy) is 2. The molecule has 1 unspecified atom stereocenters. The first kappa shape index (κ1) is 20.2. The van der Waals surface area contributed by atoms with Crippen LogP contribution in [0.1, 0.15) is 51.0 Å². The number of hydrogen-bond donors (Lipinski definition) is 1. The molecule has 2 heterocycles. The first-order chi connectivity index (χ1) is 13.2. The van der Waals surface area contributed by atoms with Crippen LogP contribution in [0.2, 0.25) is 0 Å². The molecule has 1 aromatic rings. The average Bonchev–Trinajstić information content (AvgIpc) is 2.71. The predicted octanol–water partition coefficient (Wildman–Crippen LogP) is 3.97. The van der Waals surface area contributed by atoms with E-state index in [2.05, 4.69) is 36.5 Å². The molecular weight excluding hydrogens is 340 g/mol. The number of nitrogens with one attached hydrogen (secondary N) is 1. The maximum atomic E-state index is 12.1. The summed E-state index contributed by atoms with van der Waals surface area (Å²) in [4.78, 5) is 14.1. The van der Waals surface area contributed by atoms with Crippen LogP contribution < -0.4 is 5.32 Å². The molecule has 1 atom stereocenters. The quantitative estimate of drug-likeness (QED) is 0.735. The van der Waals surface area contributed by atoms with Crippen molar-refractivity contribution in [2.75, 3.05) is 32.8 Å². The molecule has 2 saturated heterocycles. The van der Waals surface area contributed by atoms with Crippen molar-refractivity contribution in [1.29, 1.82) is 0 Å². The van der Waals surface area contributed by atoms with E-state index >= 15 is 0 Å². The Hall–Kier alpha value is -1.59. The first-order valence-corrected chi connectivity index (χ1v) is 10.5.